The lowest BCUT2D eigenvalue weighted by atomic mass is 10.3. The van der Waals surface area contributed by atoms with Crippen LogP contribution in [0.3, 0.4) is 0 Å². The van der Waals surface area contributed by atoms with Crippen LogP contribution < -0.4 is 0 Å². The third-order valence-electron chi connectivity index (χ3n) is 1.87. The molecule has 0 aromatic carbocycles. The number of thioether (sulfide) groups is 1. The molecule has 0 aromatic heterocycles. The Morgan fingerprint density at radius 1 is 1.54 bits per heavy atom. The minimum absolute atomic E-state index is 0.199. The molecule has 0 radical (unpaired) electrons. The van der Waals surface area contributed by atoms with Crippen molar-refractivity contribution in [3.05, 3.63) is 0 Å². The van der Waals surface area contributed by atoms with Crippen LogP contribution in [-0.2, 0) is 4.79 Å². The van der Waals surface area contributed by atoms with E-state index in [0.717, 1.165) is 4.90 Å². The quantitative estimate of drug-likeness (QED) is 0.608. The molecule has 1 heterocycles. The second-order valence-corrected chi connectivity index (χ2v) is 4.07. The molecule has 76 valence electrons. The van der Waals surface area contributed by atoms with Gasteiger partial charge in [-0.3, -0.25) is 4.79 Å². The minimum atomic E-state index is -4.73. The molecule has 1 atom stereocenters. The van der Waals surface area contributed by atoms with Crippen molar-refractivity contribution >= 4 is 17.7 Å². The van der Waals surface area contributed by atoms with Crippen LogP contribution in [0.4, 0.5) is 13.2 Å². The average molecular weight is 213 g/mol. The molecule has 1 unspecified atom stereocenters. The van der Waals surface area contributed by atoms with E-state index in [1.807, 2.05) is 0 Å². The van der Waals surface area contributed by atoms with E-state index < -0.39 is 12.1 Å². The van der Waals surface area contributed by atoms with Crippen molar-refractivity contribution in [1.82, 2.24) is 4.90 Å². The number of amides is 1. The van der Waals surface area contributed by atoms with Crippen LogP contribution in [-0.4, -0.2) is 41.1 Å². The molecule has 1 fully saturated rings. The summed E-state index contributed by atoms with van der Waals surface area (Å²) in [6.07, 6.45) is -4.73. The predicted octanol–water partition coefficient (Wildman–Crippen LogP) is 1.51. The molecule has 1 aliphatic heterocycles. The van der Waals surface area contributed by atoms with Gasteiger partial charge in [-0.1, -0.05) is 0 Å². The monoisotopic (exact) mass is 213 g/mol. The van der Waals surface area contributed by atoms with Crippen LogP contribution in [0.25, 0.3) is 0 Å². The molecule has 0 bridgehead atoms. The Kier molecular flexibility index (Phi) is 3.10. The summed E-state index contributed by atoms with van der Waals surface area (Å²) in [5.74, 6) is -0.533. The average Bonchev–Trinajstić information content (AvgIpc) is 2.02. The smallest absolute Gasteiger partial charge is 0.331 e. The normalized spacial score (nSPS) is 24.6. The van der Waals surface area contributed by atoms with Crippen LogP contribution in [0.5, 0.6) is 0 Å². The summed E-state index contributed by atoms with van der Waals surface area (Å²) in [6.45, 7) is 1.83. The highest BCUT2D eigenvalue weighted by atomic mass is 32.2. The van der Waals surface area contributed by atoms with Gasteiger partial charge in [-0.2, -0.15) is 24.9 Å². The Balaban J connectivity index is 2.64. The van der Waals surface area contributed by atoms with Gasteiger partial charge in [-0.25, -0.2) is 0 Å². The molecule has 1 saturated heterocycles. The molecule has 0 saturated carbocycles. The maximum absolute atomic E-state index is 12.0. The number of hydrogen-bond acceptors (Lipinski definition) is 2. The highest BCUT2D eigenvalue weighted by Gasteiger charge is 2.44. The number of hydrogen-bond donors (Lipinski definition) is 0. The Morgan fingerprint density at radius 2 is 2.15 bits per heavy atom. The van der Waals surface area contributed by atoms with E-state index >= 15 is 0 Å². The summed E-state index contributed by atoms with van der Waals surface area (Å²) in [5.41, 5.74) is 0. The van der Waals surface area contributed by atoms with Gasteiger partial charge in [0.2, 0.25) is 0 Å². The summed E-state index contributed by atoms with van der Waals surface area (Å²) in [6, 6.07) is -0.312. The van der Waals surface area contributed by atoms with E-state index in [-0.39, 0.29) is 12.6 Å². The number of nitrogens with zero attached hydrogens (tertiary/aromatic N) is 1. The van der Waals surface area contributed by atoms with E-state index in [0.29, 0.717) is 11.5 Å². The van der Waals surface area contributed by atoms with Crippen LogP contribution in [0.15, 0.2) is 0 Å². The Hall–Kier alpha value is -0.390. The lowest BCUT2D eigenvalue weighted by molar-refractivity contribution is -0.187. The summed E-state index contributed by atoms with van der Waals surface area (Å²) >= 11 is 1.57. The van der Waals surface area contributed by atoms with Crippen LogP contribution in [0.2, 0.25) is 0 Å². The first-order valence-corrected chi connectivity index (χ1v) is 5.04. The Labute approximate surface area is 78.5 Å². The molecule has 13 heavy (non-hydrogen) atoms. The summed E-state index contributed by atoms with van der Waals surface area (Å²) in [5, 5.41) is 0. The van der Waals surface area contributed by atoms with Crippen molar-refractivity contribution in [1.29, 1.82) is 0 Å². The molecule has 1 aliphatic rings. The minimum Gasteiger partial charge on any atom is -0.331 e. The van der Waals surface area contributed by atoms with Gasteiger partial charge in [0.25, 0.3) is 0 Å². The summed E-state index contributed by atoms with van der Waals surface area (Å²) in [4.78, 5) is 11.7. The first-order chi connectivity index (χ1) is 5.93. The molecule has 1 rings (SSSR count). The van der Waals surface area contributed by atoms with E-state index in [4.69, 9.17) is 0 Å². The first-order valence-electron chi connectivity index (χ1n) is 3.88. The zero-order valence-electron chi connectivity index (χ0n) is 7.10. The van der Waals surface area contributed by atoms with Gasteiger partial charge in [0, 0.05) is 24.1 Å². The molecule has 1 amide bonds. The second-order valence-electron chi connectivity index (χ2n) is 2.92. The molecule has 0 N–H and O–H groups in total. The number of carbonyl (C=O) groups is 1. The molecule has 0 aliphatic carbocycles. The van der Waals surface area contributed by atoms with Gasteiger partial charge in [0.15, 0.2) is 0 Å². The fraction of sp³-hybridized carbons (Fsp3) is 0.857. The van der Waals surface area contributed by atoms with Gasteiger partial charge in [0.05, 0.1) is 0 Å². The van der Waals surface area contributed by atoms with Gasteiger partial charge < -0.3 is 4.90 Å². The van der Waals surface area contributed by atoms with E-state index in [9.17, 15) is 18.0 Å². The Morgan fingerprint density at radius 3 is 2.62 bits per heavy atom. The van der Waals surface area contributed by atoms with E-state index in [1.165, 1.54) is 0 Å². The van der Waals surface area contributed by atoms with Crippen molar-refractivity contribution in [2.24, 2.45) is 0 Å². The van der Waals surface area contributed by atoms with Gasteiger partial charge in [0.1, 0.15) is 0 Å². The molecule has 6 heteroatoms. The Bertz CT molecular complexity index is 206. The van der Waals surface area contributed by atoms with E-state index in [2.05, 4.69) is 0 Å². The van der Waals surface area contributed by atoms with Crippen molar-refractivity contribution in [3.63, 3.8) is 0 Å². The molecule has 2 nitrogen and oxygen atoms in total. The third kappa shape index (κ3) is 2.52. The summed E-state index contributed by atoms with van der Waals surface area (Å²) < 4.78 is 36.0. The van der Waals surface area contributed by atoms with Gasteiger partial charge >= 0.3 is 12.1 Å². The largest absolute Gasteiger partial charge is 0.471 e. The van der Waals surface area contributed by atoms with Crippen LogP contribution in [0, 0.1) is 0 Å². The highest BCUT2D eigenvalue weighted by Crippen LogP contribution is 2.23. The maximum atomic E-state index is 12.0. The molecule has 0 spiro atoms. The maximum Gasteiger partial charge on any atom is 0.471 e. The number of halogens is 3. The lowest BCUT2D eigenvalue weighted by Crippen LogP contribution is -2.50. The third-order valence-corrected chi connectivity index (χ3v) is 3.06. The van der Waals surface area contributed by atoms with Crippen molar-refractivity contribution in [2.75, 3.05) is 18.1 Å². The van der Waals surface area contributed by atoms with Crippen molar-refractivity contribution in [3.8, 4) is 0 Å². The fourth-order valence-corrected chi connectivity index (χ4v) is 2.21. The SMILES string of the molecule is CC1CSCCN1C(=O)C(F)(F)F. The van der Waals surface area contributed by atoms with Gasteiger partial charge in [-0.05, 0) is 6.92 Å². The zero-order chi connectivity index (χ0) is 10.1. The fourth-order valence-electron chi connectivity index (χ4n) is 1.19. The first kappa shape index (κ1) is 10.7. The second kappa shape index (κ2) is 3.77. The standard InChI is InChI=1S/C7H10F3NOS/c1-5-4-13-3-2-11(5)6(12)7(8,9)10/h5H,2-4H2,1H3. The number of carbonyl (C=O) groups excluding carboxylic acids is 1. The van der Waals surface area contributed by atoms with Crippen molar-refractivity contribution in [2.45, 2.75) is 19.1 Å². The topological polar surface area (TPSA) is 20.3 Å². The van der Waals surface area contributed by atoms with Gasteiger partial charge in [-0.15, -0.1) is 0 Å². The predicted molar refractivity (Wildman–Crippen MR) is 44.6 cm³/mol. The highest BCUT2D eigenvalue weighted by molar-refractivity contribution is 7.99. The van der Waals surface area contributed by atoms with Crippen molar-refractivity contribution < 1.29 is 18.0 Å². The summed E-state index contributed by atoms with van der Waals surface area (Å²) in [7, 11) is 0. The lowest BCUT2D eigenvalue weighted by Gasteiger charge is -2.33. The molecular formula is C7H10F3NOS. The van der Waals surface area contributed by atoms with Crippen LogP contribution >= 0.6 is 11.8 Å². The number of rotatable bonds is 0. The van der Waals surface area contributed by atoms with Crippen LogP contribution in [0.1, 0.15) is 6.92 Å². The zero-order valence-corrected chi connectivity index (χ0v) is 7.91. The molecule has 0 aromatic rings. The molecular weight excluding hydrogens is 203 g/mol. The van der Waals surface area contributed by atoms with E-state index in [1.54, 1.807) is 18.7 Å². The number of alkyl halides is 3.